The second kappa shape index (κ2) is 7.48. The summed E-state index contributed by atoms with van der Waals surface area (Å²) in [6.45, 7) is 7.02. The van der Waals surface area contributed by atoms with Gasteiger partial charge in [0.05, 0.1) is 12.6 Å². The van der Waals surface area contributed by atoms with Gasteiger partial charge in [-0.15, -0.1) is 0 Å². The average Bonchev–Trinajstić information content (AvgIpc) is 2.43. The Hall–Kier alpha value is -1.10. The Balaban J connectivity index is 2.41. The van der Waals surface area contributed by atoms with Crippen molar-refractivity contribution in [3.63, 3.8) is 0 Å². The van der Waals surface area contributed by atoms with Gasteiger partial charge in [-0.3, -0.25) is 9.59 Å². The highest BCUT2D eigenvalue weighted by Gasteiger charge is 2.28. The summed E-state index contributed by atoms with van der Waals surface area (Å²) in [5.41, 5.74) is 0. The molecule has 1 rings (SSSR count). The number of carbonyl (C=O) groups is 2. The number of nitrogens with one attached hydrogen (secondary N) is 1. The minimum Gasteiger partial charge on any atom is -0.394 e. The number of nitrogens with zero attached hydrogens (tertiary/aromatic N) is 1. The summed E-state index contributed by atoms with van der Waals surface area (Å²) < 4.78 is 0. The Kier molecular flexibility index (Phi) is 6.28. The Bertz CT molecular complexity index is 306. The summed E-state index contributed by atoms with van der Waals surface area (Å²) >= 11 is 0. The maximum absolute atomic E-state index is 12.0. The lowest BCUT2D eigenvalue weighted by atomic mass is 9.94. The molecule has 1 atom stereocenters. The van der Waals surface area contributed by atoms with Crippen molar-refractivity contribution in [1.29, 1.82) is 0 Å². The van der Waals surface area contributed by atoms with Crippen molar-refractivity contribution in [1.82, 2.24) is 10.2 Å². The van der Waals surface area contributed by atoms with E-state index < -0.39 is 0 Å². The van der Waals surface area contributed by atoms with Gasteiger partial charge < -0.3 is 15.3 Å². The average molecular weight is 270 g/mol. The summed E-state index contributed by atoms with van der Waals surface area (Å²) in [7, 11) is 0. The molecule has 5 nitrogen and oxygen atoms in total. The number of aliphatic hydroxyl groups excluding tert-OH is 1. The number of amides is 2. The molecule has 1 heterocycles. The highest BCUT2D eigenvalue weighted by Crippen LogP contribution is 2.19. The smallest absolute Gasteiger partial charge is 0.225 e. The van der Waals surface area contributed by atoms with E-state index in [9.17, 15) is 9.59 Å². The van der Waals surface area contributed by atoms with Gasteiger partial charge in [-0.25, -0.2) is 0 Å². The van der Waals surface area contributed by atoms with E-state index in [4.69, 9.17) is 5.11 Å². The highest BCUT2D eigenvalue weighted by molar-refractivity contribution is 5.80. The molecular weight excluding hydrogens is 244 g/mol. The monoisotopic (exact) mass is 270 g/mol. The van der Waals surface area contributed by atoms with Gasteiger partial charge in [-0.05, 0) is 19.3 Å². The molecule has 2 N–H and O–H groups in total. The van der Waals surface area contributed by atoms with Crippen molar-refractivity contribution in [2.24, 2.45) is 11.8 Å². The first-order valence-corrected chi connectivity index (χ1v) is 7.19. The summed E-state index contributed by atoms with van der Waals surface area (Å²) in [5, 5.41) is 11.9. The summed E-state index contributed by atoms with van der Waals surface area (Å²) in [6.07, 6.45) is 2.16. The number of rotatable bonds is 5. The molecule has 5 heteroatoms. The lowest BCUT2D eigenvalue weighted by molar-refractivity contribution is -0.138. The van der Waals surface area contributed by atoms with Crippen LogP contribution in [0.15, 0.2) is 0 Å². The van der Waals surface area contributed by atoms with Crippen molar-refractivity contribution in [3.8, 4) is 0 Å². The topological polar surface area (TPSA) is 69.6 Å². The van der Waals surface area contributed by atoms with Crippen LogP contribution in [-0.2, 0) is 9.59 Å². The van der Waals surface area contributed by atoms with Crippen molar-refractivity contribution in [2.45, 2.75) is 46.1 Å². The highest BCUT2D eigenvalue weighted by atomic mass is 16.3. The molecule has 1 aliphatic heterocycles. The third kappa shape index (κ3) is 4.49. The van der Waals surface area contributed by atoms with Crippen LogP contribution in [0.1, 0.15) is 40.0 Å². The van der Waals surface area contributed by atoms with Crippen molar-refractivity contribution < 1.29 is 14.7 Å². The molecule has 19 heavy (non-hydrogen) atoms. The molecular formula is C14H26N2O3. The SMILES string of the molecule is CC[C@@H](CO)NC(=O)C1CCN(C(=O)C(C)C)CC1. The second-order valence-corrected chi connectivity index (χ2v) is 5.55. The number of likely N-dealkylation sites (tertiary alicyclic amines) is 1. The van der Waals surface area contributed by atoms with E-state index in [2.05, 4.69) is 5.32 Å². The van der Waals surface area contributed by atoms with E-state index in [1.54, 1.807) is 0 Å². The Labute approximate surface area is 115 Å². The van der Waals surface area contributed by atoms with Gasteiger partial charge >= 0.3 is 0 Å². The number of hydrogen-bond donors (Lipinski definition) is 2. The Morgan fingerprint density at radius 3 is 2.32 bits per heavy atom. The molecule has 0 aliphatic carbocycles. The van der Waals surface area contributed by atoms with Crippen LogP contribution in [0.3, 0.4) is 0 Å². The molecule has 1 saturated heterocycles. The Morgan fingerprint density at radius 1 is 1.32 bits per heavy atom. The summed E-state index contributed by atoms with van der Waals surface area (Å²) in [4.78, 5) is 25.7. The van der Waals surface area contributed by atoms with Gasteiger partial charge in [0.1, 0.15) is 0 Å². The van der Waals surface area contributed by atoms with Crippen LogP contribution in [0.5, 0.6) is 0 Å². The molecule has 0 unspecified atom stereocenters. The van der Waals surface area contributed by atoms with Gasteiger partial charge in [0.2, 0.25) is 11.8 Å². The zero-order valence-electron chi connectivity index (χ0n) is 12.2. The van der Waals surface area contributed by atoms with Gasteiger partial charge in [0, 0.05) is 24.9 Å². The minimum absolute atomic E-state index is 0.0116. The number of carbonyl (C=O) groups excluding carboxylic acids is 2. The van der Waals surface area contributed by atoms with Crippen LogP contribution < -0.4 is 5.32 Å². The first kappa shape index (κ1) is 16.0. The van der Waals surface area contributed by atoms with E-state index in [1.165, 1.54) is 0 Å². The van der Waals surface area contributed by atoms with Gasteiger partial charge in [0.25, 0.3) is 0 Å². The van der Waals surface area contributed by atoms with E-state index in [0.29, 0.717) is 25.9 Å². The van der Waals surface area contributed by atoms with Crippen molar-refractivity contribution in [2.75, 3.05) is 19.7 Å². The van der Waals surface area contributed by atoms with Crippen LogP contribution in [0, 0.1) is 11.8 Å². The van der Waals surface area contributed by atoms with E-state index in [1.807, 2.05) is 25.7 Å². The number of piperidine rings is 1. The van der Waals surface area contributed by atoms with Crippen LogP contribution in [0.4, 0.5) is 0 Å². The molecule has 1 fully saturated rings. The first-order chi connectivity index (χ1) is 8.99. The van der Waals surface area contributed by atoms with Gasteiger partial charge in [0.15, 0.2) is 0 Å². The predicted molar refractivity (Wildman–Crippen MR) is 73.4 cm³/mol. The normalized spacial score (nSPS) is 18.5. The number of aliphatic hydroxyl groups is 1. The minimum atomic E-state index is -0.150. The fraction of sp³-hybridized carbons (Fsp3) is 0.857. The lowest BCUT2D eigenvalue weighted by Gasteiger charge is -2.33. The molecule has 0 aromatic heterocycles. The Morgan fingerprint density at radius 2 is 1.89 bits per heavy atom. The number of hydrogen-bond acceptors (Lipinski definition) is 3. The maximum Gasteiger partial charge on any atom is 0.225 e. The largest absolute Gasteiger partial charge is 0.394 e. The fourth-order valence-corrected chi connectivity index (χ4v) is 2.32. The molecule has 2 amide bonds. The molecule has 1 aliphatic rings. The van der Waals surface area contributed by atoms with Crippen molar-refractivity contribution in [3.05, 3.63) is 0 Å². The van der Waals surface area contributed by atoms with Gasteiger partial charge in [-0.1, -0.05) is 20.8 Å². The zero-order chi connectivity index (χ0) is 14.4. The van der Waals surface area contributed by atoms with E-state index in [0.717, 1.165) is 6.42 Å². The fourth-order valence-electron chi connectivity index (χ4n) is 2.32. The summed E-state index contributed by atoms with van der Waals surface area (Å²) in [5.74, 6) is 0.166. The van der Waals surface area contributed by atoms with Crippen LogP contribution in [0.2, 0.25) is 0 Å². The zero-order valence-corrected chi connectivity index (χ0v) is 12.2. The molecule has 0 radical (unpaired) electrons. The third-order valence-corrected chi connectivity index (χ3v) is 3.73. The molecule has 0 bridgehead atoms. The standard InChI is InChI=1S/C14H26N2O3/c1-4-12(9-17)15-13(18)11-5-7-16(8-6-11)14(19)10(2)3/h10-12,17H,4-9H2,1-3H3,(H,15,18)/t12-/m0/s1. The summed E-state index contributed by atoms with van der Waals surface area (Å²) in [6, 6.07) is -0.150. The van der Waals surface area contributed by atoms with Crippen molar-refractivity contribution >= 4 is 11.8 Å². The molecule has 110 valence electrons. The van der Waals surface area contributed by atoms with E-state index in [-0.39, 0.29) is 36.3 Å². The third-order valence-electron chi connectivity index (χ3n) is 3.73. The molecule has 0 aromatic rings. The van der Waals surface area contributed by atoms with Crippen LogP contribution in [-0.4, -0.2) is 47.6 Å². The second-order valence-electron chi connectivity index (χ2n) is 5.55. The molecule has 0 aromatic carbocycles. The molecule has 0 saturated carbocycles. The van der Waals surface area contributed by atoms with E-state index >= 15 is 0 Å². The maximum atomic E-state index is 12.0. The molecule has 0 spiro atoms. The lowest BCUT2D eigenvalue weighted by Crippen LogP contribution is -2.46. The van der Waals surface area contributed by atoms with Gasteiger partial charge in [-0.2, -0.15) is 0 Å². The predicted octanol–water partition coefficient (Wildman–Crippen LogP) is 0.768. The first-order valence-electron chi connectivity index (χ1n) is 7.19. The quantitative estimate of drug-likeness (QED) is 0.775. The van der Waals surface area contributed by atoms with Crippen LogP contribution >= 0.6 is 0 Å². The van der Waals surface area contributed by atoms with Crippen LogP contribution in [0.25, 0.3) is 0 Å².